The van der Waals surface area contributed by atoms with Crippen LogP contribution in [0.25, 0.3) is 0 Å². The van der Waals surface area contributed by atoms with Crippen molar-refractivity contribution in [1.29, 1.82) is 5.26 Å². The Bertz CT molecular complexity index is 766. The van der Waals surface area contributed by atoms with Crippen molar-refractivity contribution in [3.63, 3.8) is 0 Å². The molecule has 1 aromatic carbocycles. The maximum absolute atomic E-state index is 12.3. The van der Waals surface area contributed by atoms with Crippen LogP contribution in [0.3, 0.4) is 0 Å². The van der Waals surface area contributed by atoms with Gasteiger partial charge in [-0.05, 0) is 25.1 Å². The zero-order valence-electron chi connectivity index (χ0n) is 11.2. The second-order valence-corrected chi connectivity index (χ2v) is 6.63. The Morgan fingerprint density at radius 1 is 1.52 bits per heavy atom. The Morgan fingerprint density at radius 3 is 2.86 bits per heavy atom. The fraction of sp³-hybridized carbons (Fsp3) is 0.231. The van der Waals surface area contributed by atoms with Crippen molar-refractivity contribution in [2.24, 2.45) is 0 Å². The number of benzene rings is 1. The van der Waals surface area contributed by atoms with E-state index in [2.05, 4.69) is 9.71 Å². The molecule has 1 atom stereocenters. The van der Waals surface area contributed by atoms with Crippen molar-refractivity contribution < 1.29 is 8.42 Å². The van der Waals surface area contributed by atoms with Gasteiger partial charge in [-0.3, -0.25) is 0 Å². The normalized spacial score (nSPS) is 12.8. The molecule has 1 aromatic heterocycles. The molecule has 2 rings (SSSR count). The van der Waals surface area contributed by atoms with E-state index in [1.54, 1.807) is 30.2 Å². The van der Waals surface area contributed by atoms with Crippen molar-refractivity contribution in [3.8, 4) is 6.07 Å². The Hall–Kier alpha value is -1.88. The zero-order valence-corrected chi connectivity index (χ0v) is 12.8. The summed E-state index contributed by atoms with van der Waals surface area (Å²) >= 11 is 5.93. The van der Waals surface area contributed by atoms with E-state index >= 15 is 0 Å². The highest BCUT2D eigenvalue weighted by Gasteiger charge is 2.20. The molecular formula is C13H13ClN4O2S. The van der Waals surface area contributed by atoms with Gasteiger partial charge in [-0.2, -0.15) is 5.26 Å². The van der Waals surface area contributed by atoms with Gasteiger partial charge in [0.1, 0.15) is 4.90 Å². The third-order valence-corrected chi connectivity index (χ3v) is 4.82. The summed E-state index contributed by atoms with van der Waals surface area (Å²) in [5.41, 5.74) is 0.311. The summed E-state index contributed by atoms with van der Waals surface area (Å²) < 4.78 is 28.9. The van der Waals surface area contributed by atoms with Crippen LogP contribution in [-0.4, -0.2) is 24.0 Å². The zero-order chi connectivity index (χ0) is 15.5. The van der Waals surface area contributed by atoms with Crippen molar-refractivity contribution in [2.75, 3.05) is 0 Å². The topological polar surface area (TPSA) is 87.8 Å². The van der Waals surface area contributed by atoms with Crippen LogP contribution in [0.1, 0.15) is 12.5 Å². The molecular weight excluding hydrogens is 312 g/mol. The standard InChI is InChI=1S/C13H13ClN4O2S/c1-10(8-18-5-4-16-9-18)17-21(19,20)13-3-2-11(7-15)6-12(13)14/h2-6,9-10,17H,8H2,1H3. The maximum atomic E-state index is 12.3. The summed E-state index contributed by atoms with van der Waals surface area (Å²) in [4.78, 5) is 3.86. The Balaban J connectivity index is 2.16. The number of halogens is 1. The second kappa shape index (κ2) is 6.26. The minimum absolute atomic E-state index is 0.0244. The lowest BCUT2D eigenvalue weighted by molar-refractivity contribution is 0.520. The molecule has 0 fully saturated rings. The monoisotopic (exact) mass is 324 g/mol. The molecule has 0 saturated heterocycles. The molecule has 110 valence electrons. The van der Waals surface area contributed by atoms with Gasteiger partial charge in [0.25, 0.3) is 0 Å². The molecule has 1 N–H and O–H groups in total. The summed E-state index contributed by atoms with van der Waals surface area (Å²) in [5.74, 6) is 0. The van der Waals surface area contributed by atoms with Gasteiger partial charge in [0, 0.05) is 25.0 Å². The summed E-state index contributed by atoms with van der Waals surface area (Å²) in [6.07, 6.45) is 4.98. The van der Waals surface area contributed by atoms with Crippen molar-refractivity contribution in [2.45, 2.75) is 24.4 Å². The molecule has 0 spiro atoms. The lowest BCUT2D eigenvalue weighted by Gasteiger charge is -2.15. The predicted molar refractivity (Wildman–Crippen MR) is 78.2 cm³/mol. The number of nitrogens with zero attached hydrogens (tertiary/aromatic N) is 3. The highest BCUT2D eigenvalue weighted by molar-refractivity contribution is 7.89. The van der Waals surface area contributed by atoms with E-state index < -0.39 is 10.0 Å². The minimum atomic E-state index is -3.74. The van der Waals surface area contributed by atoms with E-state index in [4.69, 9.17) is 16.9 Å². The number of hydrogen-bond donors (Lipinski definition) is 1. The average molecular weight is 325 g/mol. The third-order valence-electron chi connectivity index (χ3n) is 2.75. The number of rotatable bonds is 5. The molecule has 0 saturated carbocycles. The number of imidazole rings is 1. The van der Waals surface area contributed by atoms with E-state index in [-0.39, 0.29) is 16.0 Å². The Labute approximate surface area is 128 Å². The van der Waals surface area contributed by atoms with Crippen molar-refractivity contribution in [1.82, 2.24) is 14.3 Å². The van der Waals surface area contributed by atoms with Gasteiger partial charge in [-0.25, -0.2) is 18.1 Å². The molecule has 0 aliphatic rings. The highest BCUT2D eigenvalue weighted by Crippen LogP contribution is 2.22. The van der Waals surface area contributed by atoms with Crippen LogP contribution in [0.2, 0.25) is 5.02 Å². The van der Waals surface area contributed by atoms with Gasteiger partial charge in [0.2, 0.25) is 10.0 Å². The first kappa shape index (κ1) is 15.5. The van der Waals surface area contributed by atoms with Crippen molar-refractivity contribution in [3.05, 3.63) is 47.5 Å². The molecule has 1 heterocycles. The first-order valence-corrected chi connectivity index (χ1v) is 7.96. The SMILES string of the molecule is CC(Cn1ccnc1)NS(=O)(=O)c1ccc(C#N)cc1Cl. The van der Waals surface area contributed by atoms with Crippen LogP contribution in [0, 0.1) is 11.3 Å². The van der Waals surface area contributed by atoms with E-state index in [9.17, 15) is 8.42 Å². The van der Waals surface area contributed by atoms with Crippen LogP contribution in [-0.2, 0) is 16.6 Å². The Morgan fingerprint density at radius 2 is 2.29 bits per heavy atom. The highest BCUT2D eigenvalue weighted by atomic mass is 35.5. The fourth-order valence-electron chi connectivity index (χ4n) is 1.86. The first-order chi connectivity index (χ1) is 9.92. The molecule has 0 aliphatic carbocycles. The van der Waals surface area contributed by atoms with Gasteiger partial charge < -0.3 is 4.57 Å². The van der Waals surface area contributed by atoms with Crippen LogP contribution in [0.4, 0.5) is 0 Å². The summed E-state index contributed by atoms with van der Waals surface area (Å²) in [6.45, 7) is 2.20. The quantitative estimate of drug-likeness (QED) is 0.908. The molecule has 0 aliphatic heterocycles. The minimum Gasteiger partial charge on any atom is -0.336 e. The van der Waals surface area contributed by atoms with Crippen LogP contribution in [0.5, 0.6) is 0 Å². The lowest BCUT2D eigenvalue weighted by Crippen LogP contribution is -2.35. The summed E-state index contributed by atoms with van der Waals surface area (Å²) in [6, 6.07) is 5.64. The molecule has 0 bridgehead atoms. The third kappa shape index (κ3) is 3.82. The summed E-state index contributed by atoms with van der Waals surface area (Å²) in [5, 5.41) is 8.79. The van der Waals surface area contributed by atoms with E-state index in [0.29, 0.717) is 12.1 Å². The van der Waals surface area contributed by atoms with Crippen LogP contribution in [0.15, 0.2) is 41.8 Å². The Kier molecular flexibility index (Phi) is 4.63. The van der Waals surface area contributed by atoms with Crippen LogP contribution < -0.4 is 4.72 Å². The van der Waals surface area contributed by atoms with Crippen molar-refractivity contribution >= 4 is 21.6 Å². The smallest absolute Gasteiger partial charge is 0.242 e. The number of sulfonamides is 1. The largest absolute Gasteiger partial charge is 0.336 e. The molecule has 21 heavy (non-hydrogen) atoms. The van der Waals surface area contributed by atoms with Gasteiger partial charge in [-0.15, -0.1) is 0 Å². The fourth-order valence-corrected chi connectivity index (χ4v) is 3.64. The predicted octanol–water partition coefficient (Wildman–Crippen LogP) is 1.78. The van der Waals surface area contributed by atoms with E-state index in [1.807, 2.05) is 6.07 Å². The number of nitriles is 1. The first-order valence-electron chi connectivity index (χ1n) is 6.10. The molecule has 6 nitrogen and oxygen atoms in total. The van der Waals surface area contributed by atoms with Gasteiger partial charge in [0.05, 0.1) is 23.0 Å². The number of hydrogen-bond acceptors (Lipinski definition) is 4. The second-order valence-electron chi connectivity index (χ2n) is 4.54. The molecule has 0 amide bonds. The van der Waals surface area contributed by atoms with E-state index in [1.165, 1.54) is 18.2 Å². The maximum Gasteiger partial charge on any atom is 0.242 e. The molecule has 1 unspecified atom stereocenters. The molecule has 0 radical (unpaired) electrons. The van der Waals surface area contributed by atoms with E-state index in [0.717, 1.165) is 0 Å². The van der Waals surface area contributed by atoms with Gasteiger partial charge in [0.15, 0.2) is 0 Å². The number of aromatic nitrogens is 2. The average Bonchev–Trinajstić information content (AvgIpc) is 2.90. The molecule has 2 aromatic rings. The van der Waals surface area contributed by atoms with Crippen LogP contribution >= 0.6 is 11.6 Å². The summed E-state index contributed by atoms with van der Waals surface area (Å²) in [7, 11) is -3.74. The molecule has 8 heteroatoms. The number of nitrogens with one attached hydrogen (secondary N) is 1. The lowest BCUT2D eigenvalue weighted by atomic mass is 10.2. The van der Waals surface area contributed by atoms with Gasteiger partial charge >= 0.3 is 0 Å². The van der Waals surface area contributed by atoms with Gasteiger partial charge in [-0.1, -0.05) is 11.6 Å².